The number of hydrogen-bond acceptors (Lipinski definition) is 1. The lowest BCUT2D eigenvalue weighted by atomic mass is 10.0. The Morgan fingerprint density at radius 1 is 1.27 bits per heavy atom. The minimum atomic E-state index is -0.516. The molecule has 1 atom stereocenters. The quantitative estimate of drug-likeness (QED) is 0.744. The van der Waals surface area contributed by atoms with Crippen LogP contribution >= 0.6 is 0 Å². The molecule has 0 aromatic heterocycles. The Morgan fingerprint density at radius 2 is 1.93 bits per heavy atom. The minimum Gasteiger partial charge on any atom is -0.389 e. The van der Waals surface area contributed by atoms with Gasteiger partial charge in [-0.05, 0) is 31.4 Å². The largest absolute Gasteiger partial charge is 0.389 e. The van der Waals surface area contributed by atoms with E-state index in [0.29, 0.717) is 6.42 Å². The third-order valence-electron chi connectivity index (χ3n) is 2.65. The normalized spacial score (nSPS) is 20.5. The topological polar surface area (TPSA) is 20.2 Å². The fourth-order valence-corrected chi connectivity index (χ4v) is 1.85. The standard InChI is InChI=1S/C12H12F2O/c13-11-2-1-3-12(14)10(11)7-8-4-5-9(15)6-8/h1-3,6,9,15H,4-5,7H2. The molecule has 15 heavy (non-hydrogen) atoms. The van der Waals surface area contributed by atoms with Crippen LogP contribution in [0.5, 0.6) is 0 Å². The van der Waals surface area contributed by atoms with Crippen LogP contribution in [0.15, 0.2) is 29.8 Å². The van der Waals surface area contributed by atoms with E-state index in [4.69, 9.17) is 0 Å². The molecule has 1 aromatic carbocycles. The van der Waals surface area contributed by atoms with Crippen LogP contribution in [-0.2, 0) is 6.42 Å². The van der Waals surface area contributed by atoms with Crippen molar-refractivity contribution in [3.05, 3.63) is 47.0 Å². The predicted molar refractivity (Wildman–Crippen MR) is 53.4 cm³/mol. The zero-order chi connectivity index (χ0) is 10.8. The van der Waals surface area contributed by atoms with E-state index in [9.17, 15) is 13.9 Å². The first kappa shape index (κ1) is 10.3. The zero-order valence-electron chi connectivity index (χ0n) is 8.21. The van der Waals surface area contributed by atoms with Crippen molar-refractivity contribution in [3.8, 4) is 0 Å². The maximum absolute atomic E-state index is 13.3. The van der Waals surface area contributed by atoms with Gasteiger partial charge >= 0.3 is 0 Å². The molecule has 0 saturated carbocycles. The summed E-state index contributed by atoms with van der Waals surface area (Å²) in [6, 6.07) is 3.86. The first-order valence-electron chi connectivity index (χ1n) is 4.97. The molecule has 0 saturated heterocycles. The van der Waals surface area contributed by atoms with Gasteiger partial charge in [-0.15, -0.1) is 0 Å². The summed E-state index contributed by atoms with van der Waals surface area (Å²) in [6.07, 6.45) is 2.87. The maximum atomic E-state index is 13.3. The van der Waals surface area contributed by atoms with E-state index in [2.05, 4.69) is 0 Å². The van der Waals surface area contributed by atoms with Crippen LogP contribution in [0.25, 0.3) is 0 Å². The molecule has 1 aliphatic carbocycles. The van der Waals surface area contributed by atoms with Gasteiger partial charge in [-0.1, -0.05) is 17.7 Å². The predicted octanol–water partition coefficient (Wildman–Crippen LogP) is 2.59. The highest BCUT2D eigenvalue weighted by Gasteiger charge is 2.16. The number of halogens is 2. The lowest BCUT2D eigenvalue weighted by Crippen LogP contribution is -1.97. The van der Waals surface area contributed by atoms with Gasteiger partial charge < -0.3 is 5.11 Å². The third kappa shape index (κ3) is 2.23. The highest BCUT2D eigenvalue weighted by atomic mass is 19.1. The van der Waals surface area contributed by atoms with Crippen LogP contribution in [0, 0.1) is 11.6 Å². The SMILES string of the molecule is OC1C=C(Cc2c(F)cccc2F)CC1. The van der Waals surface area contributed by atoms with Gasteiger partial charge in [-0.3, -0.25) is 0 Å². The maximum Gasteiger partial charge on any atom is 0.129 e. The first-order valence-corrected chi connectivity index (χ1v) is 4.97. The summed E-state index contributed by atoms with van der Waals surface area (Å²) < 4.78 is 26.5. The van der Waals surface area contributed by atoms with Gasteiger partial charge in [0.15, 0.2) is 0 Å². The van der Waals surface area contributed by atoms with Gasteiger partial charge in [-0.2, -0.15) is 0 Å². The highest BCUT2D eigenvalue weighted by Crippen LogP contribution is 2.24. The number of rotatable bonds is 2. The number of aliphatic hydroxyl groups excluding tert-OH is 1. The Balaban J connectivity index is 2.21. The number of aliphatic hydroxyl groups is 1. The molecule has 0 radical (unpaired) electrons. The summed E-state index contributed by atoms with van der Waals surface area (Å²) in [7, 11) is 0. The molecule has 3 heteroatoms. The van der Waals surface area contributed by atoms with Crippen molar-refractivity contribution in [2.75, 3.05) is 0 Å². The van der Waals surface area contributed by atoms with Crippen LogP contribution in [0.3, 0.4) is 0 Å². The fourth-order valence-electron chi connectivity index (χ4n) is 1.85. The lowest BCUT2D eigenvalue weighted by Gasteiger charge is -2.04. The minimum absolute atomic E-state index is 0.0952. The average Bonchev–Trinajstić information content (AvgIpc) is 2.58. The highest BCUT2D eigenvalue weighted by molar-refractivity contribution is 5.27. The van der Waals surface area contributed by atoms with Crippen molar-refractivity contribution >= 4 is 0 Å². The van der Waals surface area contributed by atoms with E-state index in [1.807, 2.05) is 0 Å². The smallest absolute Gasteiger partial charge is 0.129 e. The van der Waals surface area contributed by atoms with E-state index < -0.39 is 17.7 Å². The summed E-state index contributed by atoms with van der Waals surface area (Å²) in [5, 5.41) is 9.25. The summed E-state index contributed by atoms with van der Waals surface area (Å²) in [4.78, 5) is 0. The summed E-state index contributed by atoms with van der Waals surface area (Å²) >= 11 is 0. The Morgan fingerprint density at radius 3 is 2.47 bits per heavy atom. The monoisotopic (exact) mass is 210 g/mol. The van der Waals surface area contributed by atoms with E-state index in [1.165, 1.54) is 18.2 Å². The molecule has 80 valence electrons. The second-order valence-electron chi connectivity index (χ2n) is 3.81. The van der Waals surface area contributed by atoms with Gasteiger partial charge in [0.05, 0.1) is 6.10 Å². The van der Waals surface area contributed by atoms with Crippen LogP contribution in [0.2, 0.25) is 0 Å². The first-order chi connectivity index (χ1) is 7.16. The Kier molecular flexibility index (Phi) is 2.82. The van der Waals surface area contributed by atoms with Crippen LogP contribution in [0.1, 0.15) is 18.4 Å². The fraction of sp³-hybridized carbons (Fsp3) is 0.333. The van der Waals surface area contributed by atoms with Crippen LogP contribution < -0.4 is 0 Å². The van der Waals surface area contributed by atoms with E-state index in [-0.39, 0.29) is 12.0 Å². The van der Waals surface area contributed by atoms with Crippen molar-refractivity contribution in [3.63, 3.8) is 0 Å². The molecule has 0 spiro atoms. The second kappa shape index (κ2) is 4.11. The zero-order valence-corrected chi connectivity index (χ0v) is 8.21. The second-order valence-corrected chi connectivity index (χ2v) is 3.81. The Hall–Kier alpha value is -1.22. The summed E-state index contributed by atoms with van der Waals surface area (Å²) in [5.41, 5.74) is 1.00. The average molecular weight is 210 g/mol. The molecule has 0 aliphatic heterocycles. The van der Waals surface area contributed by atoms with Crippen molar-refractivity contribution < 1.29 is 13.9 Å². The molecule has 0 amide bonds. The summed E-state index contributed by atoms with van der Waals surface area (Å²) in [6.45, 7) is 0. The Bertz CT molecular complexity index is 378. The van der Waals surface area contributed by atoms with E-state index in [1.54, 1.807) is 6.08 Å². The molecule has 1 unspecified atom stereocenters. The van der Waals surface area contributed by atoms with Gasteiger partial charge in [0, 0.05) is 5.56 Å². The van der Waals surface area contributed by atoms with Gasteiger partial charge in [-0.25, -0.2) is 8.78 Å². The van der Waals surface area contributed by atoms with Crippen LogP contribution in [0.4, 0.5) is 8.78 Å². The molecule has 0 bridgehead atoms. The van der Waals surface area contributed by atoms with Crippen molar-refractivity contribution in [2.45, 2.75) is 25.4 Å². The Labute approximate surface area is 87.1 Å². The number of benzene rings is 1. The third-order valence-corrected chi connectivity index (χ3v) is 2.65. The molecule has 1 aromatic rings. The van der Waals surface area contributed by atoms with Gasteiger partial charge in [0.2, 0.25) is 0 Å². The molecule has 1 aliphatic rings. The van der Waals surface area contributed by atoms with Crippen molar-refractivity contribution in [1.82, 2.24) is 0 Å². The number of allylic oxidation sites excluding steroid dienone is 1. The lowest BCUT2D eigenvalue weighted by molar-refractivity contribution is 0.223. The molecule has 1 nitrogen and oxygen atoms in total. The van der Waals surface area contributed by atoms with Crippen molar-refractivity contribution in [1.29, 1.82) is 0 Å². The molecular weight excluding hydrogens is 198 g/mol. The summed E-state index contributed by atoms with van der Waals surface area (Å²) in [5.74, 6) is -1.03. The molecule has 0 heterocycles. The van der Waals surface area contributed by atoms with Crippen molar-refractivity contribution in [2.24, 2.45) is 0 Å². The van der Waals surface area contributed by atoms with E-state index >= 15 is 0 Å². The van der Waals surface area contributed by atoms with Crippen LogP contribution in [-0.4, -0.2) is 11.2 Å². The molecule has 0 fully saturated rings. The number of hydrogen-bond donors (Lipinski definition) is 1. The van der Waals surface area contributed by atoms with Gasteiger partial charge in [0.1, 0.15) is 11.6 Å². The van der Waals surface area contributed by atoms with Gasteiger partial charge in [0.25, 0.3) is 0 Å². The molecule has 2 rings (SSSR count). The molecule has 1 N–H and O–H groups in total. The molecular formula is C12H12F2O. The van der Waals surface area contributed by atoms with E-state index in [0.717, 1.165) is 12.0 Å².